The first-order valence-corrected chi connectivity index (χ1v) is 11.9. The van der Waals surface area contributed by atoms with E-state index in [2.05, 4.69) is 10.6 Å². The van der Waals surface area contributed by atoms with Crippen LogP contribution < -0.4 is 10.6 Å². The van der Waals surface area contributed by atoms with E-state index in [9.17, 15) is 24.4 Å². The number of alkyl carbamates (subject to hydrolysis) is 1. The van der Waals surface area contributed by atoms with Crippen molar-refractivity contribution in [2.45, 2.75) is 83.9 Å². The standard InChI is InChI=1S/C24H38BN3O6/c1-7-18(25(32)33)26-20(29)19(17-12-9-8-10-13-17)28-15-11-14-24(16(2)3,21(28)30)27-22(31)34-23(4,5)6/h8-10,12-13,16,18-19,32-33H,7,11,14-15H2,1-6H3,(H,26,29)(H,27,31)/t18-,19?,24?/m0/s1. The van der Waals surface area contributed by atoms with Crippen LogP contribution in [0.15, 0.2) is 30.3 Å². The molecule has 1 aromatic carbocycles. The lowest BCUT2D eigenvalue weighted by Crippen LogP contribution is -2.67. The highest BCUT2D eigenvalue weighted by atomic mass is 16.6. The number of rotatable bonds is 8. The molecule has 188 valence electrons. The number of nitrogens with zero attached hydrogens (tertiary/aromatic N) is 1. The maximum Gasteiger partial charge on any atom is 0.475 e. The highest BCUT2D eigenvalue weighted by Crippen LogP contribution is 2.35. The SMILES string of the molecule is CC[C@H](NC(=O)C(c1ccccc1)N1CCCC(NC(=O)OC(C)(C)C)(C(C)C)C1=O)B(O)O. The van der Waals surface area contributed by atoms with Crippen molar-refractivity contribution < 1.29 is 29.2 Å². The number of carbonyl (C=O) groups is 3. The number of hydrogen-bond acceptors (Lipinski definition) is 6. The van der Waals surface area contributed by atoms with E-state index >= 15 is 0 Å². The Morgan fingerprint density at radius 2 is 1.82 bits per heavy atom. The van der Waals surface area contributed by atoms with Crippen LogP contribution in [0.1, 0.15) is 72.4 Å². The number of hydrogen-bond donors (Lipinski definition) is 4. The predicted molar refractivity (Wildman–Crippen MR) is 129 cm³/mol. The van der Waals surface area contributed by atoms with Crippen LogP contribution in [0.2, 0.25) is 0 Å². The summed E-state index contributed by atoms with van der Waals surface area (Å²) < 4.78 is 5.43. The fourth-order valence-electron chi connectivity index (χ4n) is 4.28. The summed E-state index contributed by atoms with van der Waals surface area (Å²) in [4.78, 5) is 41.5. The molecule has 1 saturated heterocycles. The Kier molecular flexibility index (Phi) is 9.13. The largest absolute Gasteiger partial charge is 0.475 e. The monoisotopic (exact) mass is 475 g/mol. The van der Waals surface area contributed by atoms with Crippen molar-refractivity contribution in [1.82, 2.24) is 15.5 Å². The summed E-state index contributed by atoms with van der Waals surface area (Å²) in [6.07, 6.45) is 0.590. The van der Waals surface area contributed by atoms with Gasteiger partial charge in [0, 0.05) is 6.54 Å². The van der Waals surface area contributed by atoms with Crippen LogP contribution in [0.25, 0.3) is 0 Å². The summed E-state index contributed by atoms with van der Waals surface area (Å²) >= 11 is 0. The minimum Gasteiger partial charge on any atom is -0.444 e. The molecular formula is C24H38BN3O6. The lowest BCUT2D eigenvalue weighted by atomic mass is 9.76. The van der Waals surface area contributed by atoms with E-state index in [1.807, 2.05) is 19.9 Å². The minimum absolute atomic E-state index is 0.266. The van der Waals surface area contributed by atoms with Crippen molar-refractivity contribution in [3.05, 3.63) is 35.9 Å². The average molecular weight is 475 g/mol. The Morgan fingerprint density at radius 1 is 1.21 bits per heavy atom. The first kappa shape index (κ1) is 27.7. The fraction of sp³-hybridized carbons (Fsp3) is 0.625. The molecular weight excluding hydrogens is 437 g/mol. The van der Waals surface area contributed by atoms with Crippen LogP contribution in [0, 0.1) is 5.92 Å². The van der Waals surface area contributed by atoms with Gasteiger partial charge < -0.3 is 30.3 Å². The van der Waals surface area contributed by atoms with E-state index in [0.29, 0.717) is 31.4 Å². The Hall–Kier alpha value is -2.59. The third-order valence-corrected chi connectivity index (χ3v) is 6.12. The lowest BCUT2D eigenvalue weighted by Gasteiger charge is -2.47. The van der Waals surface area contributed by atoms with Gasteiger partial charge in [0.1, 0.15) is 17.2 Å². The topological polar surface area (TPSA) is 128 Å². The molecule has 1 heterocycles. The zero-order chi connectivity index (χ0) is 25.7. The van der Waals surface area contributed by atoms with Gasteiger partial charge in [0.25, 0.3) is 0 Å². The predicted octanol–water partition coefficient (Wildman–Crippen LogP) is 2.18. The van der Waals surface area contributed by atoms with E-state index in [0.717, 1.165) is 0 Å². The van der Waals surface area contributed by atoms with E-state index in [1.54, 1.807) is 52.0 Å². The van der Waals surface area contributed by atoms with E-state index in [4.69, 9.17) is 4.74 Å². The molecule has 1 aromatic rings. The van der Waals surface area contributed by atoms with Crippen LogP contribution in [0.4, 0.5) is 4.79 Å². The second kappa shape index (κ2) is 11.2. The molecule has 0 spiro atoms. The number of likely N-dealkylation sites (tertiary alicyclic amines) is 1. The summed E-state index contributed by atoms with van der Waals surface area (Å²) in [6, 6.07) is 7.86. The number of benzene rings is 1. The maximum atomic E-state index is 14.0. The van der Waals surface area contributed by atoms with Crippen molar-refractivity contribution in [3.63, 3.8) is 0 Å². The molecule has 3 amide bonds. The molecule has 0 aromatic heterocycles. The molecule has 9 nitrogen and oxygen atoms in total. The second-order valence-corrected chi connectivity index (χ2v) is 10.1. The van der Waals surface area contributed by atoms with Crippen LogP contribution in [0.3, 0.4) is 0 Å². The molecule has 0 radical (unpaired) electrons. The molecule has 2 unspecified atom stereocenters. The molecule has 3 atom stereocenters. The summed E-state index contributed by atoms with van der Waals surface area (Å²) in [5.41, 5.74) is -1.38. The van der Waals surface area contributed by atoms with Crippen molar-refractivity contribution in [2.24, 2.45) is 5.92 Å². The normalized spacial score (nSPS) is 20.5. The highest BCUT2D eigenvalue weighted by Gasteiger charge is 2.51. The molecule has 0 bridgehead atoms. The van der Waals surface area contributed by atoms with Crippen LogP contribution in [0.5, 0.6) is 0 Å². The van der Waals surface area contributed by atoms with Gasteiger partial charge in [0.15, 0.2) is 0 Å². The molecule has 0 aliphatic carbocycles. The summed E-state index contributed by atoms with van der Waals surface area (Å²) in [6.45, 7) is 11.0. The zero-order valence-corrected chi connectivity index (χ0v) is 21.0. The van der Waals surface area contributed by atoms with Crippen molar-refractivity contribution in [3.8, 4) is 0 Å². The van der Waals surface area contributed by atoms with Crippen molar-refractivity contribution in [2.75, 3.05) is 6.54 Å². The molecule has 4 N–H and O–H groups in total. The minimum atomic E-state index is -1.73. The maximum absolute atomic E-state index is 14.0. The molecule has 0 saturated carbocycles. The van der Waals surface area contributed by atoms with Crippen LogP contribution >= 0.6 is 0 Å². The van der Waals surface area contributed by atoms with Gasteiger partial charge in [-0.25, -0.2) is 4.79 Å². The summed E-state index contributed by atoms with van der Waals surface area (Å²) in [5, 5.41) is 24.7. The summed E-state index contributed by atoms with van der Waals surface area (Å²) in [5.74, 6) is -2.04. The van der Waals surface area contributed by atoms with E-state index in [1.165, 1.54) is 4.90 Å². The van der Waals surface area contributed by atoms with Gasteiger partial charge in [-0.15, -0.1) is 0 Å². The van der Waals surface area contributed by atoms with Gasteiger partial charge in [0.2, 0.25) is 11.8 Å². The van der Waals surface area contributed by atoms with Gasteiger partial charge in [-0.05, 0) is 51.5 Å². The first-order chi connectivity index (χ1) is 15.8. The third-order valence-electron chi connectivity index (χ3n) is 6.12. The van der Waals surface area contributed by atoms with Crippen molar-refractivity contribution >= 4 is 25.0 Å². The van der Waals surface area contributed by atoms with Crippen molar-refractivity contribution in [1.29, 1.82) is 0 Å². The highest BCUT2D eigenvalue weighted by molar-refractivity contribution is 6.43. The lowest BCUT2D eigenvalue weighted by molar-refractivity contribution is -0.151. The molecule has 1 aliphatic heterocycles. The second-order valence-electron chi connectivity index (χ2n) is 10.1. The van der Waals surface area contributed by atoms with Gasteiger partial charge >= 0.3 is 13.2 Å². The Labute approximate surface area is 202 Å². The smallest absolute Gasteiger partial charge is 0.444 e. The zero-order valence-electron chi connectivity index (χ0n) is 21.0. The molecule has 34 heavy (non-hydrogen) atoms. The molecule has 2 rings (SSSR count). The molecule has 1 fully saturated rings. The van der Waals surface area contributed by atoms with E-state index < -0.39 is 42.2 Å². The Morgan fingerprint density at radius 3 is 2.32 bits per heavy atom. The van der Waals surface area contributed by atoms with Gasteiger partial charge in [-0.3, -0.25) is 9.59 Å². The number of ether oxygens (including phenoxy) is 1. The number of nitrogens with one attached hydrogen (secondary N) is 2. The average Bonchev–Trinajstić information content (AvgIpc) is 2.73. The van der Waals surface area contributed by atoms with Crippen LogP contribution in [-0.2, 0) is 14.3 Å². The number of piperidine rings is 1. The third kappa shape index (κ3) is 6.51. The fourth-order valence-corrected chi connectivity index (χ4v) is 4.28. The Balaban J connectivity index is 2.45. The summed E-state index contributed by atoms with van der Waals surface area (Å²) in [7, 11) is -1.73. The molecule has 10 heteroatoms. The first-order valence-electron chi connectivity index (χ1n) is 11.9. The van der Waals surface area contributed by atoms with Gasteiger partial charge in [-0.1, -0.05) is 51.1 Å². The quantitative estimate of drug-likeness (QED) is 0.427. The number of carbonyl (C=O) groups excluding carboxylic acids is 3. The number of amides is 3. The van der Waals surface area contributed by atoms with Crippen LogP contribution in [-0.4, -0.2) is 63.6 Å². The Bertz CT molecular complexity index is 858. The van der Waals surface area contributed by atoms with Gasteiger partial charge in [-0.2, -0.15) is 0 Å². The molecule has 1 aliphatic rings. The van der Waals surface area contributed by atoms with E-state index in [-0.39, 0.29) is 11.8 Å². The van der Waals surface area contributed by atoms with Gasteiger partial charge in [0.05, 0.1) is 5.94 Å².